The molecular weight excluding hydrogens is 372 g/mol. The summed E-state index contributed by atoms with van der Waals surface area (Å²) in [4.78, 5) is 27.1. The fourth-order valence-electron chi connectivity index (χ4n) is 3.39. The van der Waals surface area contributed by atoms with Gasteiger partial charge in [-0.15, -0.1) is 0 Å². The number of thioether (sulfide) groups is 1. The van der Waals surface area contributed by atoms with Gasteiger partial charge in [0.15, 0.2) is 6.10 Å². The Balaban J connectivity index is 1.63. The molecule has 0 bridgehead atoms. The molecule has 0 aromatic heterocycles. The third kappa shape index (κ3) is 3.25. The van der Waals surface area contributed by atoms with E-state index in [-0.39, 0.29) is 11.3 Å². The van der Waals surface area contributed by atoms with Gasteiger partial charge in [-0.3, -0.25) is 4.79 Å². The van der Waals surface area contributed by atoms with Crippen LogP contribution in [0.5, 0.6) is 0 Å². The Morgan fingerprint density at radius 1 is 1.14 bits per heavy atom. The van der Waals surface area contributed by atoms with E-state index < -0.39 is 18.1 Å². The van der Waals surface area contributed by atoms with E-state index in [1.807, 2.05) is 60.7 Å². The molecule has 2 aromatic carbocycles. The van der Waals surface area contributed by atoms with Gasteiger partial charge in [-0.2, -0.15) is 0 Å². The average molecular weight is 392 g/mol. The maximum absolute atomic E-state index is 13.1. The molecule has 1 saturated heterocycles. The van der Waals surface area contributed by atoms with E-state index in [4.69, 9.17) is 10.5 Å². The maximum atomic E-state index is 13.1. The number of ether oxygens (including phenoxy) is 1. The molecule has 0 spiro atoms. The number of esters is 1. The molecule has 0 aliphatic carbocycles. The Labute approximate surface area is 167 Å². The number of nitrogens with zero attached hydrogens (tertiary/aromatic N) is 1. The second-order valence-corrected chi connectivity index (χ2v) is 7.79. The predicted octanol–water partition coefficient (Wildman–Crippen LogP) is 3.00. The van der Waals surface area contributed by atoms with Crippen molar-refractivity contribution < 1.29 is 14.3 Å². The number of fused-ring (bicyclic) bond motifs is 1. The lowest BCUT2D eigenvalue weighted by molar-refractivity contribution is -0.145. The Morgan fingerprint density at radius 2 is 1.71 bits per heavy atom. The zero-order valence-corrected chi connectivity index (χ0v) is 16.0. The number of rotatable bonds is 5. The van der Waals surface area contributed by atoms with E-state index in [1.165, 1.54) is 11.8 Å². The Kier molecular flexibility index (Phi) is 5.07. The van der Waals surface area contributed by atoms with Crippen molar-refractivity contribution in [2.75, 3.05) is 6.54 Å². The molecule has 2 atom stereocenters. The number of carbonyl (C=O) groups excluding carboxylic acids is 2. The van der Waals surface area contributed by atoms with Gasteiger partial charge in [0.05, 0.1) is 4.91 Å². The van der Waals surface area contributed by atoms with Gasteiger partial charge >= 0.3 is 5.97 Å². The quantitative estimate of drug-likeness (QED) is 0.626. The van der Waals surface area contributed by atoms with Crippen molar-refractivity contribution in [3.63, 3.8) is 0 Å². The van der Waals surface area contributed by atoms with E-state index in [0.29, 0.717) is 17.0 Å². The Morgan fingerprint density at radius 3 is 2.25 bits per heavy atom. The van der Waals surface area contributed by atoms with Crippen LogP contribution in [-0.4, -0.2) is 34.7 Å². The molecule has 1 amide bonds. The summed E-state index contributed by atoms with van der Waals surface area (Å²) in [5.74, 6) is -0.528. The molecule has 1 fully saturated rings. The molecule has 0 saturated carbocycles. The molecule has 2 aliphatic rings. The summed E-state index contributed by atoms with van der Waals surface area (Å²) < 4.78 is 5.95. The van der Waals surface area contributed by atoms with Crippen LogP contribution >= 0.6 is 11.8 Å². The fraction of sp³-hybridized carbons (Fsp3) is 0.182. The number of carbonyl (C=O) groups is 2. The van der Waals surface area contributed by atoms with Gasteiger partial charge in [0.25, 0.3) is 0 Å². The molecule has 142 valence electrons. The number of amides is 1. The third-order valence-corrected chi connectivity index (χ3v) is 6.37. The molecule has 5 nitrogen and oxygen atoms in total. The molecule has 2 N–H and O–H groups in total. The molecule has 4 rings (SSSR count). The van der Waals surface area contributed by atoms with Gasteiger partial charge in [0, 0.05) is 6.54 Å². The molecule has 2 heterocycles. The van der Waals surface area contributed by atoms with Gasteiger partial charge in [0.2, 0.25) is 5.91 Å². The van der Waals surface area contributed by atoms with Crippen molar-refractivity contribution in [2.45, 2.75) is 17.5 Å². The van der Waals surface area contributed by atoms with Gasteiger partial charge in [-0.25, -0.2) is 4.79 Å². The number of nitrogens with two attached hydrogens (primary N) is 1. The van der Waals surface area contributed by atoms with Crippen LogP contribution in [0.4, 0.5) is 0 Å². The molecule has 28 heavy (non-hydrogen) atoms. The number of β-lactam (4-membered cyclic amide) rings is 1. The van der Waals surface area contributed by atoms with Crippen LogP contribution in [0, 0.1) is 0 Å². The second-order valence-electron chi connectivity index (χ2n) is 6.67. The summed E-state index contributed by atoms with van der Waals surface area (Å²) in [7, 11) is 0. The topological polar surface area (TPSA) is 72.6 Å². The predicted molar refractivity (Wildman–Crippen MR) is 109 cm³/mol. The van der Waals surface area contributed by atoms with Crippen molar-refractivity contribution in [1.29, 1.82) is 0 Å². The Bertz CT molecular complexity index is 903. The van der Waals surface area contributed by atoms with Gasteiger partial charge in [-0.05, 0) is 16.7 Å². The summed E-state index contributed by atoms with van der Waals surface area (Å²) in [5.41, 5.74) is 8.36. The van der Waals surface area contributed by atoms with Crippen LogP contribution in [0.15, 0.2) is 83.8 Å². The highest BCUT2D eigenvalue weighted by Gasteiger charge is 2.49. The van der Waals surface area contributed by atoms with Crippen molar-refractivity contribution in [2.24, 2.45) is 5.73 Å². The SMILES string of the molecule is C=CC1=C(C(=O)OC(c2ccccc2)c2ccccc2)SC2C(N)C(=O)N2C1. The van der Waals surface area contributed by atoms with Gasteiger partial charge < -0.3 is 15.4 Å². The number of hydrogen-bond donors (Lipinski definition) is 1. The van der Waals surface area contributed by atoms with Crippen molar-refractivity contribution in [3.05, 3.63) is 94.9 Å². The van der Waals surface area contributed by atoms with Crippen molar-refractivity contribution in [1.82, 2.24) is 4.90 Å². The number of benzene rings is 2. The minimum atomic E-state index is -0.585. The molecule has 2 aromatic rings. The monoisotopic (exact) mass is 392 g/mol. The molecule has 2 aliphatic heterocycles. The van der Waals surface area contributed by atoms with E-state index >= 15 is 0 Å². The lowest BCUT2D eigenvalue weighted by atomic mass is 10.0. The van der Waals surface area contributed by atoms with Gasteiger partial charge in [-0.1, -0.05) is 85.1 Å². The third-order valence-electron chi connectivity index (χ3n) is 4.91. The number of hydrogen-bond acceptors (Lipinski definition) is 5. The lowest BCUT2D eigenvalue weighted by Crippen LogP contribution is -2.68. The highest BCUT2D eigenvalue weighted by molar-refractivity contribution is 8.04. The fourth-order valence-corrected chi connectivity index (χ4v) is 4.64. The van der Waals surface area contributed by atoms with Crippen LogP contribution in [0.2, 0.25) is 0 Å². The van der Waals surface area contributed by atoms with Crippen LogP contribution < -0.4 is 5.73 Å². The molecule has 0 radical (unpaired) electrons. The van der Waals surface area contributed by atoms with Gasteiger partial charge in [0.1, 0.15) is 11.4 Å². The normalized spacial score (nSPS) is 21.2. The van der Waals surface area contributed by atoms with E-state index in [2.05, 4.69) is 6.58 Å². The molecule has 6 heteroatoms. The first kappa shape index (κ1) is 18.5. The second kappa shape index (κ2) is 7.66. The Hall–Kier alpha value is -2.83. The standard InChI is InChI=1S/C22H20N2O3S/c1-2-14-13-24-20(25)17(23)21(24)28-19(14)22(26)27-18(15-9-5-3-6-10-15)16-11-7-4-8-12-16/h2-12,17-18,21H,1,13,23H2. The van der Waals surface area contributed by atoms with Crippen molar-refractivity contribution >= 4 is 23.6 Å². The lowest BCUT2D eigenvalue weighted by Gasteiger charge is -2.47. The van der Waals surface area contributed by atoms with E-state index in [0.717, 1.165) is 11.1 Å². The molecule has 2 unspecified atom stereocenters. The highest BCUT2D eigenvalue weighted by atomic mass is 32.2. The van der Waals surface area contributed by atoms with E-state index in [1.54, 1.807) is 11.0 Å². The highest BCUT2D eigenvalue weighted by Crippen LogP contribution is 2.42. The zero-order chi connectivity index (χ0) is 19.7. The summed E-state index contributed by atoms with van der Waals surface area (Å²) in [6.07, 6.45) is 1.08. The first-order valence-electron chi connectivity index (χ1n) is 8.99. The van der Waals surface area contributed by atoms with Crippen LogP contribution in [0.3, 0.4) is 0 Å². The minimum Gasteiger partial charge on any atom is -0.449 e. The molecular formula is C22H20N2O3S. The summed E-state index contributed by atoms with van der Waals surface area (Å²) in [6, 6.07) is 18.7. The first-order valence-corrected chi connectivity index (χ1v) is 9.87. The smallest absolute Gasteiger partial charge is 0.345 e. The minimum absolute atomic E-state index is 0.101. The summed E-state index contributed by atoms with van der Waals surface area (Å²) >= 11 is 1.28. The first-order chi connectivity index (χ1) is 13.6. The largest absolute Gasteiger partial charge is 0.449 e. The summed E-state index contributed by atoms with van der Waals surface area (Å²) in [6.45, 7) is 4.12. The summed E-state index contributed by atoms with van der Waals surface area (Å²) in [5, 5.41) is -0.231. The average Bonchev–Trinajstić information content (AvgIpc) is 2.76. The maximum Gasteiger partial charge on any atom is 0.345 e. The zero-order valence-electron chi connectivity index (χ0n) is 15.2. The van der Waals surface area contributed by atoms with Crippen LogP contribution in [0.1, 0.15) is 17.2 Å². The van der Waals surface area contributed by atoms with Crippen molar-refractivity contribution in [3.8, 4) is 0 Å². The van der Waals surface area contributed by atoms with E-state index in [9.17, 15) is 9.59 Å². The van der Waals surface area contributed by atoms with Crippen LogP contribution in [-0.2, 0) is 14.3 Å². The van der Waals surface area contributed by atoms with Crippen LogP contribution in [0.25, 0.3) is 0 Å².